The highest BCUT2D eigenvalue weighted by molar-refractivity contribution is 7.91. The van der Waals surface area contributed by atoms with Crippen LogP contribution in [0.25, 0.3) is 0 Å². The third-order valence-corrected chi connectivity index (χ3v) is 7.39. The Morgan fingerprint density at radius 3 is 2.60 bits per heavy atom. The van der Waals surface area contributed by atoms with Crippen molar-refractivity contribution in [3.63, 3.8) is 0 Å². The fourth-order valence-corrected chi connectivity index (χ4v) is 5.66. The quantitative estimate of drug-likeness (QED) is 0.842. The van der Waals surface area contributed by atoms with Gasteiger partial charge in [0.15, 0.2) is 9.84 Å². The summed E-state index contributed by atoms with van der Waals surface area (Å²) in [7, 11) is -3.21. The number of hydrogen-bond acceptors (Lipinski definition) is 3. The number of benzene rings is 1. The van der Waals surface area contributed by atoms with Crippen LogP contribution in [0.15, 0.2) is 51.4 Å². The molecule has 1 saturated heterocycles. The van der Waals surface area contributed by atoms with E-state index >= 15 is 0 Å². The zero-order chi connectivity index (χ0) is 18.0. The van der Waals surface area contributed by atoms with Crippen molar-refractivity contribution in [3.8, 4) is 0 Å². The molecule has 1 atom stereocenters. The maximum Gasteiger partial charge on any atom is 0.178 e. The van der Waals surface area contributed by atoms with E-state index in [0.717, 1.165) is 42.9 Å². The van der Waals surface area contributed by atoms with E-state index in [1.165, 1.54) is 11.1 Å². The number of nitrogens with one attached hydrogen (secondary N) is 1. The summed E-state index contributed by atoms with van der Waals surface area (Å²) in [5.41, 5.74) is 3.74. The Bertz CT molecular complexity index is 791. The van der Waals surface area contributed by atoms with Gasteiger partial charge in [-0.25, -0.2) is 8.42 Å². The zero-order valence-electron chi connectivity index (χ0n) is 14.9. The molecule has 1 unspecified atom stereocenters. The largest absolute Gasteiger partial charge is 0.315 e. The lowest BCUT2D eigenvalue weighted by atomic mass is 9.83. The fourth-order valence-electron chi connectivity index (χ4n) is 3.73. The molecule has 136 valence electrons. The van der Waals surface area contributed by atoms with Gasteiger partial charge in [0.05, 0.1) is 10.6 Å². The average molecular weight is 380 g/mol. The van der Waals surface area contributed by atoms with Gasteiger partial charge >= 0.3 is 0 Å². The molecule has 0 spiro atoms. The number of sulfone groups is 1. The number of halogens is 1. The third-order valence-electron chi connectivity index (χ3n) is 4.87. The molecule has 3 nitrogen and oxygen atoms in total. The molecule has 1 aromatic rings. The Morgan fingerprint density at radius 1 is 1.20 bits per heavy atom. The molecule has 1 aromatic carbocycles. The lowest BCUT2D eigenvalue weighted by molar-refractivity contribution is 0.582. The summed E-state index contributed by atoms with van der Waals surface area (Å²) in [6, 6.07) is 7.44. The highest BCUT2D eigenvalue weighted by atomic mass is 35.5. The summed E-state index contributed by atoms with van der Waals surface area (Å²) in [5.74, 6) is 0.539. The second-order valence-electron chi connectivity index (χ2n) is 7.33. The van der Waals surface area contributed by atoms with Crippen molar-refractivity contribution in [3.05, 3.63) is 52.1 Å². The van der Waals surface area contributed by atoms with Crippen LogP contribution in [-0.4, -0.2) is 27.3 Å². The van der Waals surface area contributed by atoms with Crippen LogP contribution in [0.5, 0.6) is 0 Å². The van der Waals surface area contributed by atoms with Crippen molar-refractivity contribution in [1.82, 2.24) is 5.32 Å². The van der Waals surface area contributed by atoms with Crippen LogP contribution in [0.1, 0.15) is 44.6 Å². The summed E-state index contributed by atoms with van der Waals surface area (Å²) < 4.78 is 24.8. The molecular formula is C20H26ClNO2S. The maximum absolute atomic E-state index is 12.4. The van der Waals surface area contributed by atoms with Crippen molar-refractivity contribution in [1.29, 1.82) is 0 Å². The van der Waals surface area contributed by atoms with Gasteiger partial charge in [-0.15, -0.1) is 0 Å². The molecule has 0 saturated carbocycles. The van der Waals surface area contributed by atoms with Crippen molar-refractivity contribution in [2.24, 2.45) is 5.92 Å². The summed E-state index contributed by atoms with van der Waals surface area (Å²) in [6.07, 6.45) is 5.18. The monoisotopic (exact) mass is 379 g/mol. The minimum absolute atomic E-state index is 0.123. The van der Waals surface area contributed by atoms with Crippen molar-refractivity contribution >= 4 is 21.4 Å². The molecule has 0 radical (unpaired) electrons. The van der Waals surface area contributed by atoms with E-state index in [-0.39, 0.29) is 17.6 Å². The zero-order valence-corrected chi connectivity index (χ0v) is 16.5. The fraction of sp³-hybridized carbons (Fsp3) is 0.500. The summed E-state index contributed by atoms with van der Waals surface area (Å²) in [4.78, 5) is 0.415. The molecule has 1 N–H and O–H groups in total. The Balaban J connectivity index is 1.90. The first-order valence-electron chi connectivity index (χ1n) is 9.00. The van der Waals surface area contributed by atoms with E-state index in [4.69, 9.17) is 11.6 Å². The van der Waals surface area contributed by atoms with Gasteiger partial charge < -0.3 is 5.32 Å². The highest BCUT2D eigenvalue weighted by Crippen LogP contribution is 2.39. The molecule has 1 aliphatic heterocycles. The number of fused-ring (bicyclic) bond motifs is 1. The van der Waals surface area contributed by atoms with Crippen LogP contribution in [0.2, 0.25) is 0 Å². The number of allylic oxidation sites excluding steroid dienone is 2. The van der Waals surface area contributed by atoms with Gasteiger partial charge in [-0.2, -0.15) is 0 Å². The molecule has 1 fully saturated rings. The maximum atomic E-state index is 12.4. The van der Waals surface area contributed by atoms with Gasteiger partial charge in [-0.1, -0.05) is 43.7 Å². The topological polar surface area (TPSA) is 46.2 Å². The highest BCUT2D eigenvalue weighted by Gasteiger charge is 2.26. The molecule has 3 rings (SSSR count). The molecule has 1 aliphatic carbocycles. The van der Waals surface area contributed by atoms with Crippen LogP contribution in [-0.2, 0) is 9.84 Å². The lowest BCUT2D eigenvalue weighted by Gasteiger charge is -2.24. The summed E-state index contributed by atoms with van der Waals surface area (Å²) in [5, 5.41) is 4.48. The standard InChI is InChI=1S/C20H26ClNO2S/c1-14(2)13-25(23,24)16-8-6-15(7-9-16)19-12-22-11-10-18-17(19)4-3-5-20(18)21/h4,6-9,14,19,22H,3,5,10-13H2,1-2H3. The van der Waals surface area contributed by atoms with E-state index < -0.39 is 9.84 Å². The van der Waals surface area contributed by atoms with Crippen molar-refractivity contribution < 1.29 is 8.42 Å². The molecule has 0 bridgehead atoms. The third kappa shape index (κ3) is 4.18. The first kappa shape index (κ1) is 18.7. The van der Waals surface area contributed by atoms with Crippen LogP contribution < -0.4 is 5.32 Å². The SMILES string of the molecule is CC(C)CS(=O)(=O)c1ccc(C2CNCCC3=C(Cl)CCC=C32)cc1. The second-order valence-corrected chi connectivity index (χ2v) is 9.82. The van der Waals surface area contributed by atoms with E-state index in [0.29, 0.717) is 4.90 Å². The van der Waals surface area contributed by atoms with Gasteiger partial charge in [-0.05, 0) is 60.6 Å². The molecule has 1 heterocycles. The van der Waals surface area contributed by atoms with Crippen LogP contribution in [0.4, 0.5) is 0 Å². The van der Waals surface area contributed by atoms with E-state index in [1.807, 2.05) is 26.0 Å². The molecule has 0 amide bonds. The lowest BCUT2D eigenvalue weighted by Crippen LogP contribution is -2.20. The van der Waals surface area contributed by atoms with Gasteiger partial charge in [-0.3, -0.25) is 0 Å². The van der Waals surface area contributed by atoms with Crippen LogP contribution in [0, 0.1) is 5.92 Å². The molecule has 25 heavy (non-hydrogen) atoms. The van der Waals surface area contributed by atoms with Gasteiger partial charge in [0.25, 0.3) is 0 Å². The normalized spacial score (nSPS) is 21.8. The first-order valence-corrected chi connectivity index (χ1v) is 11.0. The first-order chi connectivity index (χ1) is 11.9. The molecular weight excluding hydrogens is 354 g/mol. The van der Waals surface area contributed by atoms with E-state index in [1.54, 1.807) is 12.1 Å². The Labute approximate surface area is 156 Å². The minimum atomic E-state index is -3.21. The van der Waals surface area contributed by atoms with Gasteiger partial charge in [0.2, 0.25) is 0 Å². The van der Waals surface area contributed by atoms with Crippen molar-refractivity contribution in [2.75, 3.05) is 18.8 Å². The molecule has 0 aromatic heterocycles. The predicted molar refractivity (Wildman–Crippen MR) is 104 cm³/mol. The second kappa shape index (κ2) is 7.65. The summed E-state index contributed by atoms with van der Waals surface area (Å²) in [6.45, 7) is 5.64. The molecule has 5 heteroatoms. The van der Waals surface area contributed by atoms with Crippen molar-refractivity contribution in [2.45, 2.75) is 43.9 Å². The van der Waals surface area contributed by atoms with Crippen LogP contribution >= 0.6 is 11.6 Å². The smallest absolute Gasteiger partial charge is 0.178 e. The van der Waals surface area contributed by atoms with E-state index in [9.17, 15) is 8.42 Å². The molecule has 2 aliphatic rings. The average Bonchev–Trinajstić information content (AvgIpc) is 2.77. The predicted octanol–water partition coefficient (Wildman–Crippen LogP) is 4.41. The number of hydrogen-bond donors (Lipinski definition) is 1. The van der Waals surface area contributed by atoms with Crippen LogP contribution in [0.3, 0.4) is 0 Å². The Morgan fingerprint density at radius 2 is 1.92 bits per heavy atom. The Kier molecular flexibility index (Phi) is 5.71. The summed E-state index contributed by atoms with van der Waals surface area (Å²) >= 11 is 6.48. The minimum Gasteiger partial charge on any atom is -0.315 e. The number of rotatable bonds is 4. The van der Waals surface area contributed by atoms with Gasteiger partial charge in [0, 0.05) is 17.5 Å². The Hall–Kier alpha value is -1.10. The van der Waals surface area contributed by atoms with E-state index in [2.05, 4.69) is 11.4 Å². The van der Waals surface area contributed by atoms with Gasteiger partial charge in [0.1, 0.15) is 0 Å².